The number of aromatic nitrogens is 1. The zero-order valence-electron chi connectivity index (χ0n) is 17.2. The fourth-order valence-corrected chi connectivity index (χ4v) is 4.00. The number of nitrogens with zero attached hydrogens (tertiary/aromatic N) is 3. The van der Waals surface area contributed by atoms with Gasteiger partial charge in [-0.3, -0.25) is 14.6 Å². The zero-order chi connectivity index (χ0) is 23.5. The predicted octanol–water partition coefficient (Wildman–Crippen LogP) is 3.43. The van der Waals surface area contributed by atoms with Gasteiger partial charge in [0.2, 0.25) is 5.91 Å². The molecule has 1 N–H and O–H groups in total. The van der Waals surface area contributed by atoms with Crippen molar-refractivity contribution in [3.05, 3.63) is 59.9 Å². The van der Waals surface area contributed by atoms with Gasteiger partial charge in [0.15, 0.2) is 0 Å². The number of para-hydroxylation sites is 1. The second-order valence-corrected chi connectivity index (χ2v) is 7.55. The van der Waals surface area contributed by atoms with E-state index >= 15 is 0 Å². The molecule has 0 unspecified atom stereocenters. The highest BCUT2D eigenvalue weighted by atomic mass is 19.4. The highest BCUT2D eigenvalue weighted by molar-refractivity contribution is 5.97. The summed E-state index contributed by atoms with van der Waals surface area (Å²) < 4.78 is 31.7. The Morgan fingerprint density at radius 3 is 2.28 bits per heavy atom. The third-order valence-corrected chi connectivity index (χ3v) is 5.46. The molecule has 2 aliphatic heterocycles. The number of anilines is 1. The van der Waals surface area contributed by atoms with Crippen molar-refractivity contribution >= 4 is 23.5 Å². The summed E-state index contributed by atoms with van der Waals surface area (Å²) in [5, 5.41) is 7.12. The number of hydrogen-bond acceptors (Lipinski definition) is 4. The number of hydrogen-bond donors (Lipinski definition) is 1. The molecule has 2 saturated heterocycles. The molecule has 4 rings (SSSR count). The molecule has 32 heavy (non-hydrogen) atoms. The Balaban J connectivity index is 0.000000360. The maximum absolute atomic E-state index is 12.9. The molecule has 1 aromatic carbocycles. The second kappa shape index (κ2) is 9.37. The van der Waals surface area contributed by atoms with E-state index in [4.69, 9.17) is 9.90 Å². The molecule has 0 radical (unpaired) electrons. The van der Waals surface area contributed by atoms with Crippen LogP contribution in [0.15, 0.2) is 48.7 Å². The molecule has 2 atom stereocenters. The lowest BCUT2D eigenvalue weighted by molar-refractivity contribution is -0.192. The van der Waals surface area contributed by atoms with Gasteiger partial charge in [0.25, 0.3) is 5.91 Å². The number of alkyl halides is 3. The van der Waals surface area contributed by atoms with E-state index in [2.05, 4.69) is 4.98 Å². The molecule has 1 aromatic heterocycles. The van der Waals surface area contributed by atoms with Gasteiger partial charge in [-0.15, -0.1) is 0 Å². The summed E-state index contributed by atoms with van der Waals surface area (Å²) in [6.45, 7) is 2.59. The summed E-state index contributed by atoms with van der Waals surface area (Å²) in [6, 6.07) is 13.6. The maximum atomic E-state index is 12.9. The first-order valence-corrected chi connectivity index (χ1v) is 10.0. The molecule has 2 aliphatic rings. The molecular weight excluding hydrogens is 427 g/mol. The van der Waals surface area contributed by atoms with Crippen LogP contribution in [0.3, 0.4) is 0 Å². The van der Waals surface area contributed by atoms with Crippen LogP contribution >= 0.6 is 0 Å². The molecule has 0 aliphatic carbocycles. The van der Waals surface area contributed by atoms with Crippen molar-refractivity contribution in [1.82, 2.24) is 9.88 Å². The van der Waals surface area contributed by atoms with E-state index in [0.29, 0.717) is 18.5 Å². The topological polar surface area (TPSA) is 90.8 Å². The molecule has 10 heteroatoms. The molecule has 3 heterocycles. The summed E-state index contributed by atoms with van der Waals surface area (Å²) in [5.74, 6) is -2.59. The van der Waals surface area contributed by atoms with Crippen molar-refractivity contribution in [1.29, 1.82) is 0 Å². The third-order valence-electron chi connectivity index (χ3n) is 5.46. The van der Waals surface area contributed by atoms with Crippen LogP contribution in [0.5, 0.6) is 0 Å². The van der Waals surface area contributed by atoms with Crippen LogP contribution in [0.1, 0.15) is 35.3 Å². The molecule has 0 bridgehead atoms. The number of aryl methyl sites for hydroxylation is 1. The SMILES string of the molecule is Cc1ccc(C(=O)N2CC[C@H]3[C@@H]2CCC(=O)N3c2ccccc2)cn1.O=C(O)C(F)(F)F. The number of amides is 2. The average Bonchev–Trinajstić information content (AvgIpc) is 3.18. The Morgan fingerprint density at radius 2 is 1.72 bits per heavy atom. The van der Waals surface area contributed by atoms with E-state index in [9.17, 15) is 22.8 Å². The monoisotopic (exact) mass is 449 g/mol. The van der Waals surface area contributed by atoms with Crippen molar-refractivity contribution in [2.45, 2.75) is 44.4 Å². The van der Waals surface area contributed by atoms with Crippen molar-refractivity contribution < 1.29 is 32.7 Å². The number of rotatable bonds is 2. The number of halogens is 3. The fourth-order valence-electron chi connectivity index (χ4n) is 4.00. The standard InChI is InChI=1S/C20H21N3O2.C2HF3O2/c1-14-7-8-15(13-21-14)20(25)22-12-11-18-17(22)9-10-19(24)23(18)16-5-3-2-4-6-16;3-2(4,5)1(6)7/h2-8,13,17-18H,9-12H2,1H3;(H,6,7)/t17-,18-;/m0./s1. The minimum Gasteiger partial charge on any atom is -0.475 e. The zero-order valence-corrected chi connectivity index (χ0v) is 17.2. The van der Waals surface area contributed by atoms with Crippen molar-refractivity contribution in [2.24, 2.45) is 0 Å². The first-order valence-electron chi connectivity index (χ1n) is 10.0. The number of likely N-dealkylation sites (tertiary alicyclic amines) is 1. The molecule has 0 spiro atoms. The smallest absolute Gasteiger partial charge is 0.475 e. The van der Waals surface area contributed by atoms with Crippen molar-refractivity contribution in [3.8, 4) is 0 Å². The number of carboxylic acid groups (broad SMARTS) is 1. The minimum absolute atomic E-state index is 0.0161. The van der Waals surface area contributed by atoms with E-state index in [-0.39, 0.29) is 23.9 Å². The third kappa shape index (κ3) is 5.06. The van der Waals surface area contributed by atoms with Crippen LogP contribution in [-0.2, 0) is 9.59 Å². The Morgan fingerprint density at radius 1 is 1.06 bits per heavy atom. The van der Waals surface area contributed by atoms with Gasteiger partial charge < -0.3 is 14.9 Å². The summed E-state index contributed by atoms with van der Waals surface area (Å²) in [4.78, 5) is 42.4. The van der Waals surface area contributed by atoms with Crippen LogP contribution in [0.2, 0.25) is 0 Å². The highest BCUT2D eigenvalue weighted by Gasteiger charge is 2.45. The summed E-state index contributed by atoms with van der Waals surface area (Å²) in [5.41, 5.74) is 2.44. The minimum atomic E-state index is -5.08. The molecule has 0 saturated carbocycles. The predicted molar refractivity (Wildman–Crippen MR) is 109 cm³/mol. The number of carboxylic acids is 1. The van der Waals surface area contributed by atoms with Crippen LogP contribution in [0.25, 0.3) is 0 Å². The van der Waals surface area contributed by atoms with Gasteiger partial charge in [-0.2, -0.15) is 13.2 Å². The van der Waals surface area contributed by atoms with E-state index < -0.39 is 12.1 Å². The first-order chi connectivity index (χ1) is 15.1. The Labute approximate surface area is 182 Å². The number of benzene rings is 1. The first kappa shape index (κ1) is 23.2. The van der Waals surface area contributed by atoms with Gasteiger partial charge in [-0.25, -0.2) is 4.79 Å². The molecule has 170 valence electrons. The number of carbonyl (C=O) groups excluding carboxylic acids is 2. The molecule has 2 aromatic rings. The largest absolute Gasteiger partial charge is 0.490 e. The van der Waals surface area contributed by atoms with E-state index in [1.54, 1.807) is 6.20 Å². The van der Waals surface area contributed by atoms with E-state index in [0.717, 1.165) is 24.2 Å². The summed E-state index contributed by atoms with van der Waals surface area (Å²) in [6.07, 6.45) is -1.41. The van der Waals surface area contributed by atoms with Gasteiger partial charge in [-0.1, -0.05) is 18.2 Å². The number of pyridine rings is 1. The normalized spacial score (nSPS) is 20.3. The maximum Gasteiger partial charge on any atom is 0.490 e. The lowest BCUT2D eigenvalue weighted by Crippen LogP contribution is -2.53. The van der Waals surface area contributed by atoms with Crippen molar-refractivity contribution in [2.75, 3.05) is 11.4 Å². The van der Waals surface area contributed by atoms with Crippen LogP contribution in [0, 0.1) is 6.92 Å². The van der Waals surface area contributed by atoms with Gasteiger partial charge in [0.05, 0.1) is 17.6 Å². The highest BCUT2D eigenvalue weighted by Crippen LogP contribution is 2.35. The van der Waals surface area contributed by atoms with Crippen LogP contribution in [-0.4, -0.2) is 57.6 Å². The van der Waals surface area contributed by atoms with Gasteiger partial charge >= 0.3 is 12.1 Å². The van der Waals surface area contributed by atoms with Gasteiger partial charge in [0, 0.05) is 30.5 Å². The number of aliphatic carboxylic acids is 1. The van der Waals surface area contributed by atoms with Crippen molar-refractivity contribution in [3.63, 3.8) is 0 Å². The molecule has 2 amide bonds. The second-order valence-electron chi connectivity index (χ2n) is 7.55. The van der Waals surface area contributed by atoms with E-state index in [1.165, 1.54) is 0 Å². The molecule has 2 fully saturated rings. The van der Waals surface area contributed by atoms with Gasteiger partial charge in [0.1, 0.15) is 0 Å². The molecule has 7 nitrogen and oxygen atoms in total. The lowest BCUT2D eigenvalue weighted by atomic mass is 9.95. The van der Waals surface area contributed by atoms with Crippen LogP contribution in [0.4, 0.5) is 18.9 Å². The fraction of sp³-hybridized carbons (Fsp3) is 0.364. The molecular formula is C22H22F3N3O4. The number of carbonyl (C=O) groups is 3. The summed E-state index contributed by atoms with van der Waals surface area (Å²) in [7, 11) is 0. The van der Waals surface area contributed by atoms with Gasteiger partial charge in [-0.05, 0) is 44.0 Å². The Bertz CT molecular complexity index is 980. The van der Waals surface area contributed by atoms with E-state index in [1.807, 2.05) is 59.2 Å². The average molecular weight is 449 g/mol. The quantitative estimate of drug-likeness (QED) is 0.759. The lowest BCUT2D eigenvalue weighted by Gasteiger charge is -2.39. The summed E-state index contributed by atoms with van der Waals surface area (Å²) >= 11 is 0. The Kier molecular flexibility index (Phi) is 6.81. The van der Waals surface area contributed by atoms with Crippen LogP contribution < -0.4 is 4.90 Å². The number of fused-ring (bicyclic) bond motifs is 1. The Hall–Kier alpha value is -3.43. The number of piperidine rings is 1.